The van der Waals surface area contributed by atoms with E-state index in [4.69, 9.17) is 0 Å². The molecule has 0 saturated heterocycles. The van der Waals surface area contributed by atoms with Crippen molar-refractivity contribution < 1.29 is 4.79 Å². The molecule has 0 saturated carbocycles. The third-order valence-corrected chi connectivity index (χ3v) is 2.48. The van der Waals surface area contributed by atoms with E-state index < -0.39 is 0 Å². The molecule has 0 fully saturated rings. The molecule has 11 heavy (non-hydrogen) atoms. The Morgan fingerprint density at radius 1 is 1.64 bits per heavy atom. The number of thiophene rings is 1. The highest BCUT2D eigenvalue weighted by Gasteiger charge is 2.07. The zero-order chi connectivity index (χ0) is 8.27. The van der Waals surface area contributed by atoms with Gasteiger partial charge in [-0.15, -0.1) is 11.3 Å². The highest BCUT2D eigenvalue weighted by atomic mass is 32.1. The molecule has 0 aliphatic heterocycles. The first-order valence-electron chi connectivity index (χ1n) is 3.83. The first-order chi connectivity index (χ1) is 5.25. The fourth-order valence-electron chi connectivity index (χ4n) is 1.04. The first kappa shape index (κ1) is 8.47. The molecule has 1 heterocycles. The van der Waals surface area contributed by atoms with Crippen molar-refractivity contribution in [2.24, 2.45) is 0 Å². The van der Waals surface area contributed by atoms with Crippen LogP contribution in [0.2, 0.25) is 0 Å². The average molecular weight is 168 g/mol. The van der Waals surface area contributed by atoms with Crippen molar-refractivity contribution in [2.45, 2.75) is 26.7 Å². The van der Waals surface area contributed by atoms with E-state index in [0.29, 0.717) is 6.42 Å². The molecular formula is C9H12OS. The molecule has 1 nitrogen and oxygen atoms in total. The molecule has 0 N–H and O–H groups in total. The predicted octanol–water partition coefficient (Wildman–Crippen LogP) is 3.04. The second-order valence-electron chi connectivity index (χ2n) is 2.56. The van der Waals surface area contributed by atoms with Gasteiger partial charge in [0, 0.05) is 16.9 Å². The van der Waals surface area contributed by atoms with Crippen molar-refractivity contribution in [1.29, 1.82) is 0 Å². The summed E-state index contributed by atoms with van der Waals surface area (Å²) in [5.74, 6) is 0.284. The summed E-state index contributed by atoms with van der Waals surface area (Å²) >= 11 is 1.64. The molecule has 0 aliphatic carbocycles. The lowest BCUT2D eigenvalue weighted by molar-refractivity contribution is 0.0981. The van der Waals surface area contributed by atoms with E-state index in [2.05, 4.69) is 0 Å². The Kier molecular flexibility index (Phi) is 2.83. The molecule has 0 bridgehead atoms. The van der Waals surface area contributed by atoms with Crippen LogP contribution in [0.1, 0.15) is 35.0 Å². The number of carbonyl (C=O) groups is 1. The van der Waals surface area contributed by atoms with Crippen LogP contribution >= 0.6 is 11.3 Å². The molecular weight excluding hydrogens is 156 g/mol. The zero-order valence-electron chi connectivity index (χ0n) is 6.89. The van der Waals surface area contributed by atoms with Gasteiger partial charge in [-0.05, 0) is 24.8 Å². The monoisotopic (exact) mass is 168 g/mol. The van der Waals surface area contributed by atoms with Crippen LogP contribution in [0.3, 0.4) is 0 Å². The average Bonchev–Trinajstić information content (AvgIpc) is 2.36. The standard InChI is InChI=1S/C9H12OS/c1-3-4-9(10)8-5-6-11-7(8)2/h5-6H,3-4H2,1-2H3. The van der Waals surface area contributed by atoms with Gasteiger partial charge in [-0.3, -0.25) is 4.79 Å². The fraction of sp³-hybridized carbons (Fsp3) is 0.444. The Morgan fingerprint density at radius 3 is 2.82 bits per heavy atom. The third-order valence-electron chi connectivity index (χ3n) is 1.64. The lowest BCUT2D eigenvalue weighted by atomic mass is 10.1. The largest absolute Gasteiger partial charge is 0.294 e. The van der Waals surface area contributed by atoms with E-state index in [0.717, 1.165) is 16.9 Å². The predicted molar refractivity (Wildman–Crippen MR) is 48.3 cm³/mol. The molecule has 0 aliphatic rings. The second-order valence-corrected chi connectivity index (χ2v) is 3.68. The summed E-state index contributed by atoms with van der Waals surface area (Å²) in [6.07, 6.45) is 1.62. The zero-order valence-corrected chi connectivity index (χ0v) is 7.70. The summed E-state index contributed by atoms with van der Waals surface area (Å²) in [6.45, 7) is 4.02. The number of Topliss-reactive ketones (excluding diaryl/α,β-unsaturated/α-hetero) is 1. The van der Waals surface area contributed by atoms with E-state index in [1.54, 1.807) is 11.3 Å². The summed E-state index contributed by atoms with van der Waals surface area (Å²) in [4.78, 5) is 12.5. The minimum atomic E-state index is 0.284. The minimum absolute atomic E-state index is 0.284. The highest BCUT2D eigenvalue weighted by Crippen LogP contribution is 2.17. The van der Waals surface area contributed by atoms with Gasteiger partial charge in [-0.25, -0.2) is 0 Å². The van der Waals surface area contributed by atoms with Crippen LogP contribution in [-0.2, 0) is 0 Å². The van der Waals surface area contributed by atoms with Crippen LogP contribution in [0.4, 0.5) is 0 Å². The summed E-state index contributed by atoms with van der Waals surface area (Å²) < 4.78 is 0. The quantitative estimate of drug-likeness (QED) is 0.634. The highest BCUT2D eigenvalue weighted by molar-refractivity contribution is 7.10. The Hall–Kier alpha value is -0.630. The fourth-order valence-corrected chi connectivity index (χ4v) is 1.75. The van der Waals surface area contributed by atoms with Crippen molar-refractivity contribution in [3.8, 4) is 0 Å². The molecule has 2 heteroatoms. The molecule has 0 amide bonds. The Morgan fingerprint density at radius 2 is 2.36 bits per heavy atom. The van der Waals surface area contributed by atoms with Crippen LogP contribution in [0.5, 0.6) is 0 Å². The van der Waals surface area contributed by atoms with Gasteiger partial charge in [-0.1, -0.05) is 6.92 Å². The van der Waals surface area contributed by atoms with Gasteiger partial charge in [0.15, 0.2) is 5.78 Å². The van der Waals surface area contributed by atoms with Crippen molar-refractivity contribution >= 4 is 17.1 Å². The Bertz CT molecular complexity index is 250. The lowest BCUT2D eigenvalue weighted by Gasteiger charge is -1.95. The van der Waals surface area contributed by atoms with Gasteiger partial charge in [0.05, 0.1) is 0 Å². The summed E-state index contributed by atoms with van der Waals surface area (Å²) in [5.41, 5.74) is 0.914. The number of rotatable bonds is 3. The second kappa shape index (κ2) is 3.67. The maximum atomic E-state index is 11.3. The summed E-state index contributed by atoms with van der Waals surface area (Å²) in [5, 5.41) is 1.97. The third kappa shape index (κ3) is 1.90. The molecule has 1 rings (SSSR count). The van der Waals surface area contributed by atoms with Gasteiger partial charge in [0.25, 0.3) is 0 Å². The first-order valence-corrected chi connectivity index (χ1v) is 4.71. The smallest absolute Gasteiger partial charge is 0.163 e. The molecule has 0 atom stereocenters. The van der Waals surface area contributed by atoms with E-state index in [1.165, 1.54) is 0 Å². The molecule has 0 radical (unpaired) electrons. The van der Waals surface area contributed by atoms with Crippen molar-refractivity contribution in [3.63, 3.8) is 0 Å². The number of hydrogen-bond donors (Lipinski definition) is 0. The van der Waals surface area contributed by atoms with Crippen molar-refractivity contribution in [2.75, 3.05) is 0 Å². The molecule has 0 aromatic carbocycles. The SMILES string of the molecule is CCCC(=O)c1ccsc1C. The summed E-state index contributed by atoms with van der Waals surface area (Å²) in [7, 11) is 0. The van der Waals surface area contributed by atoms with Crippen LogP contribution in [0.15, 0.2) is 11.4 Å². The normalized spacial score (nSPS) is 10.0. The van der Waals surface area contributed by atoms with Crippen LogP contribution in [0, 0.1) is 6.92 Å². The minimum Gasteiger partial charge on any atom is -0.294 e. The Labute approximate surface area is 71.1 Å². The molecule has 1 aromatic rings. The van der Waals surface area contributed by atoms with Gasteiger partial charge in [-0.2, -0.15) is 0 Å². The molecule has 0 spiro atoms. The maximum Gasteiger partial charge on any atom is 0.163 e. The van der Waals surface area contributed by atoms with Crippen LogP contribution in [0.25, 0.3) is 0 Å². The van der Waals surface area contributed by atoms with E-state index in [9.17, 15) is 4.79 Å². The van der Waals surface area contributed by atoms with Gasteiger partial charge in [0.2, 0.25) is 0 Å². The van der Waals surface area contributed by atoms with Crippen molar-refractivity contribution in [1.82, 2.24) is 0 Å². The molecule has 1 aromatic heterocycles. The number of ketones is 1. The van der Waals surface area contributed by atoms with E-state index in [-0.39, 0.29) is 5.78 Å². The van der Waals surface area contributed by atoms with E-state index in [1.807, 2.05) is 25.3 Å². The Balaban J connectivity index is 2.76. The van der Waals surface area contributed by atoms with Gasteiger partial charge in [0.1, 0.15) is 0 Å². The van der Waals surface area contributed by atoms with Crippen molar-refractivity contribution in [3.05, 3.63) is 21.9 Å². The van der Waals surface area contributed by atoms with E-state index >= 15 is 0 Å². The van der Waals surface area contributed by atoms with Gasteiger partial charge < -0.3 is 0 Å². The summed E-state index contributed by atoms with van der Waals surface area (Å²) in [6, 6.07) is 1.91. The number of hydrogen-bond acceptors (Lipinski definition) is 2. The van der Waals surface area contributed by atoms with Crippen LogP contribution in [-0.4, -0.2) is 5.78 Å². The number of carbonyl (C=O) groups excluding carboxylic acids is 1. The molecule has 0 unspecified atom stereocenters. The van der Waals surface area contributed by atoms with Gasteiger partial charge >= 0.3 is 0 Å². The van der Waals surface area contributed by atoms with Crippen LogP contribution < -0.4 is 0 Å². The lowest BCUT2D eigenvalue weighted by Crippen LogP contribution is -1.97. The maximum absolute atomic E-state index is 11.3. The molecule has 60 valence electrons. The topological polar surface area (TPSA) is 17.1 Å². The number of aryl methyl sites for hydroxylation is 1.